The maximum absolute atomic E-state index is 13.1. The number of hydrogen-bond donors (Lipinski definition) is 1. The van der Waals surface area contributed by atoms with E-state index in [-0.39, 0.29) is 25.9 Å². The summed E-state index contributed by atoms with van der Waals surface area (Å²) in [6.45, 7) is 1.54. The molecule has 0 aromatic carbocycles. The fraction of sp³-hybridized carbons (Fsp3) is 0.857. The van der Waals surface area contributed by atoms with Crippen molar-refractivity contribution >= 4 is 11.9 Å². The van der Waals surface area contributed by atoms with Crippen molar-refractivity contribution < 1.29 is 32.6 Å². The first-order valence-electron chi connectivity index (χ1n) is 7.44. The molecule has 22 heavy (non-hydrogen) atoms. The normalized spacial score (nSPS) is 33.5. The fourth-order valence-electron chi connectivity index (χ4n) is 3.32. The summed E-state index contributed by atoms with van der Waals surface area (Å²) in [5, 5.41) is 9.00. The van der Waals surface area contributed by atoms with E-state index in [0.717, 1.165) is 0 Å². The van der Waals surface area contributed by atoms with E-state index >= 15 is 0 Å². The second kappa shape index (κ2) is 6.44. The first-order chi connectivity index (χ1) is 10.2. The van der Waals surface area contributed by atoms with Crippen LogP contribution in [0.15, 0.2) is 0 Å². The highest BCUT2D eigenvalue weighted by Gasteiger charge is 2.49. The molecule has 2 fully saturated rings. The molecule has 2 rings (SSSR count). The molecule has 0 aromatic rings. The lowest BCUT2D eigenvalue weighted by atomic mass is 9.78. The van der Waals surface area contributed by atoms with E-state index in [1.165, 1.54) is 4.90 Å². The molecule has 8 heteroatoms. The van der Waals surface area contributed by atoms with Gasteiger partial charge < -0.3 is 14.7 Å². The van der Waals surface area contributed by atoms with E-state index in [2.05, 4.69) is 0 Å². The number of alkyl halides is 3. The van der Waals surface area contributed by atoms with E-state index in [0.29, 0.717) is 12.8 Å². The zero-order valence-electron chi connectivity index (χ0n) is 12.3. The number of carbonyl (C=O) groups excluding carboxylic acids is 1. The molecule has 0 spiro atoms. The van der Waals surface area contributed by atoms with Crippen LogP contribution in [0.2, 0.25) is 0 Å². The minimum Gasteiger partial charge on any atom is -0.479 e. The zero-order chi connectivity index (χ0) is 16.5. The first kappa shape index (κ1) is 17.1. The monoisotopic (exact) mass is 323 g/mol. The highest BCUT2D eigenvalue weighted by Crippen LogP contribution is 2.42. The number of amides is 1. The van der Waals surface area contributed by atoms with Crippen molar-refractivity contribution in [3.63, 3.8) is 0 Å². The third kappa shape index (κ3) is 3.71. The van der Waals surface area contributed by atoms with Crippen LogP contribution in [0.1, 0.15) is 32.6 Å². The SMILES string of the molecule is C[C@@H]1CN(C(=O)C2CCCCC2C(F)(F)F)CC(C(=O)O)O1. The Balaban J connectivity index is 2.12. The number of halogens is 3. The van der Waals surface area contributed by atoms with E-state index < -0.39 is 42.1 Å². The lowest BCUT2D eigenvalue weighted by Gasteiger charge is -2.40. The van der Waals surface area contributed by atoms with E-state index in [1.54, 1.807) is 6.92 Å². The van der Waals surface area contributed by atoms with Gasteiger partial charge in [0, 0.05) is 12.5 Å². The number of hydrogen-bond acceptors (Lipinski definition) is 3. The standard InChI is InChI=1S/C14H20F3NO4/c1-8-6-18(7-11(22-8)13(20)21)12(19)9-4-2-3-5-10(9)14(15,16)17/h8-11H,2-7H2,1H3,(H,20,21)/t8-,9?,10?,11?/m1/s1. The van der Waals surface area contributed by atoms with Gasteiger partial charge in [0.25, 0.3) is 0 Å². The summed E-state index contributed by atoms with van der Waals surface area (Å²) in [6, 6.07) is 0. The van der Waals surface area contributed by atoms with Crippen LogP contribution in [-0.4, -0.2) is 53.4 Å². The summed E-state index contributed by atoms with van der Waals surface area (Å²) in [7, 11) is 0. The molecular weight excluding hydrogens is 303 g/mol. The van der Waals surface area contributed by atoms with Gasteiger partial charge in [0.1, 0.15) is 0 Å². The number of rotatable bonds is 2. The molecule has 2 aliphatic rings. The van der Waals surface area contributed by atoms with Gasteiger partial charge >= 0.3 is 12.1 Å². The fourth-order valence-corrected chi connectivity index (χ4v) is 3.32. The predicted octanol–water partition coefficient (Wildman–Crippen LogP) is 2.06. The van der Waals surface area contributed by atoms with Gasteiger partial charge in [-0.05, 0) is 19.8 Å². The Morgan fingerprint density at radius 3 is 2.41 bits per heavy atom. The summed E-state index contributed by atoms with van der Waals surface area (Å²) < 4.78 is 44.5. The molecule has 126 valence electrons. The molecule has 0 bridgehead atoms. The number of morpholine rings is 1. The molecule has 5 nitrogen and oxygen atoms in total. The number of carboxylic acids is 1. The minimum atomic E-state index is -4.40. The van der Waals surface area contributed by atoms with Gasteiger partial charge in [-0.15, -0.1) is 0 Å². The molecule has 4 atom stereocenters. The number of aliphatic carboxylic acids is 1. The van der Waals surface area contributed by atoms with Gasteiger partial charge in [0.2, 0.25) is 5.91 Å². The van der Waals surface area contributed by atoms with Crippen molar-refractivity contribution in [2.45, 2.75) is 51.0 Å². The summed E-state index contributed by atoms with van der Waals surface area (Å²) in [5.74, 6) is -4.53. The van der Waals surface area contributed by atoms with Crippen LogP contribution in [0.3, 0.4) is 0 Å². The second-order valence-electron chi connectivity index (χ2n) is 6.06. The Hall–Kier alpha value is -1.31. The minimum absolute atomic E-state index is 0.0395. The Labute approximate surface area is 126 Å². The molecule has 0 radical (unpaired) electrons. The predicted molar refractivity (Wildman–Crippen MR) is 70.1 cm³/mol. The molecule has 3 unspecified atom stereocenters. The number of carbonyl (C=O) groups is 2. The smallest absolute Gasteiger partial charge is 0.392 e. The second-order valence-corrected chi connectivity index (χ2v) is 6.06. The van der Waals surface area contributed by atoms with Crippen LogP contribution in [0, 0.1) is 11.8 Å². The van der Waals surface area contributed by atoms with Crippen LogP contribution >= 0.6 is 0 Å². The quantitative estimate of drug-likeness (QED) is 0.845. The maximum Gasteiger partial charge on any atom is 0.392 e. The van der Waals surface area contributed by atoms with Crippen molar-refractivity contribution in [1.82, 2.24) is 4.90 Å². The van der Waals surface area contributed by atoms with Gasteiger partial charge in [-0.25, -0.2) is 4.79 Å². The van der Waals surface area contributed by atoms with Crippen molar-refractivity contribution in [1.29, 1.82) is 0 Å². The molecule has 1 saturated carbocycles. The topological polar surface area (TPSA) is 66.8 Å². The molecule has 0 aromatic heterocycles. The summed E-state index contributed by atoms with van der Waals surface area (Å²) >= 11 is 0. The number of nitrogens with zero attached hydrogens (tertiary/aromatic N) is 1. The van der Waals surface area contributed by atoms with Gasteiger partial charge in [-0.1, -0.05) is 12.8 Å². The average Bonchev–Trinajstić information content (AvgIpc) is 2.45. The molecular formula is C14H20F3NO4. The molecule has 1 amide bonds. The molecule has 1 saturated heterocycles. The highest BCUT2D eigenvalue weighted by atomic mass is 19.4. The third-order valence-electron chi connectivity index (χ3n) is 4.35. The summed E-state index contributed by atoms with van der Waals surface area (Å²) in [6.07, 6.45) is -4.87. The molecule has 1 N–H and O–H groups in total. The van der Waals surface area contributed by atoms with Crippen LogP contribution < -0.4 is 0 Å². The van der Waals surface area contributed by atoms with Crippen molar-refractivity contribution in [2.24, 2.45) is 11.8 Å². The Bertz CT molecular complexity index is 440. The van der Waals surface area contributed by atoms with Crippen LogP contribution in [0.25, 0.3) is 0 Å². The van der Waals surface area contributed by atoms with Crippen LogP contribution in [0.4, 0.5) is 13.2 Å². The van der Waals surface area contributed by atoms with Gasteiger partial charge in [0.15, 0.2) is 6.10 Å². The third-order valence-corrected chi connectivity index (χ3v) is 4.35. The summed E-state index contributed by atoms with van der Waals surface area (Å²) in [5.41, 5.74) is 0. The van der Waals surface area contributed by atoms with Gasteiger partial charge in [-0.2, -0.15) is 13.2 Å². The van der Waals surface area contributed by atoms with Crippen LogP contribution in [0.5, 0.6) is 0 Å². The van der Waals surface area contributed by atoms with Crippen LogP contribution in [-0.2, 0) is 14.3 Å². The van der Waals surface area contributed by atoms with Crippen molar-refractivity contribution in [3.8, 4) is 0 Å². The molecule has 1 aliphatic carbocycles. The first-order valence-corrected chi connectivity index (χ1v) is 7.44. The van der Waals surface area contributed by atoms with E-state index in [1.807, 2.05) is 0 Å². The van der Waals surface area contributed by atoms with Gasteiger partial charge in [-0.3, -0.25) is 4.79 Å². The zero-order valence-corrected chi connectivity index (χ0v) is 12.3. The highest BCUT2D eigenvalue weighted by molar-refractivity contribution is 5.81. The Morgan fingerprint density at radius 2 is 1.82 bits per heavy atom. The lowest BCUT2D eigenvalue weighted by Crippen LogP contribution is -2.55. The number of carboxylic acid groups (broad SMARTS) is 1. The maximum atomic E-state index is 13.1. The number of ether oxygens (including phenoxy) is 1. The van der Waals surface area contributed by atoms with E-state index in [9.17, 15) is 22.8 Å². The van der Waals surface area contributed by atoms with Gasteiger partial charge in [0.05, 0.1) is 18.6 Å². The lowest BCUT2D eigenvalue weighted by molar-refractivity contribution is -0.203. The average molecular weight is 323 g/mol. The van der Waals surface area contributed by atoms with Crippen molar-refractivity contribution in [2.75, 3.05) is 13.1 Å². The van der Waals surface area contributed by atoms with Crippen molar-refractivity contribution in [3.05, 3.63) is 0 Å². The summed E-state index contributed by atoms with van der Waals surface area (Å²) in [4.78, 5) is 24.8. The Morgan fingerprint density at radius 1 is 1.18 bits per heavy atom. The molecule has 1 heterocycles. The molecule has 1 aliphatic heterocycles. The largest absolute Gasteiger partial charge is 0.479 e. The Kier molecular flexibility index (Phi) is 4.99. The van der Waals surface area contributed by atoms with E-state index in [4.69, 9.17) is 9.84 Å².